The van der Waals surface area contributed by atoms with Crippen molar-refractivity contribution in [1.82, 2.24) is 4.98 Å². The Morgan fingerprint density at radius 3 is 2.71 bits per heavy atom. The SMILES string of the molecule is COC(C)CC(=O)Cc1ccncc1. The number of Topliss-reactive ketones (excluding diaryl/α,β-unsaturated/α-hetero) is 1. The number of ether oxygens (including phenoxy) is 1. The van der Waals surface area contributed by atoms with Gasteiger partial charge in [-0.1, -0.05) is 0 Å². The third-order valence-corrected chi connectivity index (χ3v) is 2.07. The zero-order valence-electron chi connectivity index (χ0n) is 8.56. The summed E-state index contributed by atoms with van der Waals surface area (Å²) in [6.45, 7) is 1.89. The Morgan fingerprint density at radius 1 is 1.50 bits per heavy atom. The van der Waals surface area contributed by atoms with Gasteiger partial charge >= 0.3 is 0 Å². The van der Waals surface area contributed by atoms with Gasteiger partial charge in [0.2, 0.25) is 0 Å². The van der Waals surface area contributed by atoms with Crippen LogP contribution in [0.1, 0.15) is 18.9 Å². The number of hydrogen-bond donors (Lipinski definition) is 0. The minimum absolute atomic E-state index is 0.00402. The van der Waals surface area contributed by atoms with Crippen molar-refractivity contribution in [3.63, 3.8) is 0 Å². The van der Waals surface area contributed by atoms with Crippen LogP contribution in [0.15, 0.2) is 24.5 Å². The average Bonchev–Trinajstić information content (AvgIpc) is 2.19. The minimum atomic E-state index is 0.00402. The number of ketones is 1. The lowest BCUT2D eigenvalue weighted by Crippen LogP contribution is -2.13. The molecule has 0 aliphatic heterocycles. The van der Waals surface area contributed by atoms with Crippen molar-refractivity contribution in [1.29, 1.82) is 0 Å². The molecule has 76 valence electrons. The van der Waals surface area contributed by atoms with E-state index in [9.17, 15) is 4.79 Å². The predicted octanol–water partition coefficient (Wildman–Crippen LogP) is 1.62. The van der Waals surface area contributed by atoms with Crippen molar-refractivity contribution in [2.75, 3.05) is 7.11 Å². The van der Waals surface area contributed by atoms with Crippen LogP contribution in [0.3, 0.4) is 0 Å². The molecule has 0 N–H and O–H groups in total. The largest absolute Gasteiger partial charge is 0.381 e. The zero-order chi connectivity index (χ0) is 10.4. The first kappa shape index (κ1) is 10.9. The third kappa shape index (κ3) is 3.66. The topological polar surface area (TPSA) is 39.2 Å². The molecule has 0 aliphatic rings. The second-order valence-corrected chi connectivity index (χ2v) is 3.32. The minimum Gasteiger partial charge on any atom is -0.381 e. The number of carbonyl (C=O) groups is 1. The van der Waals surface area contributed by atoms with Crippen molar-refractivity contribution in [3.8, 4) is 0 Å². The lowest BCUT2D eigenvalue weighted by Gasteiger charge is -2.07. The van der Waals surface area contributed by atoms with Gasteiger partial charge in [-0.25, -0.2) is 0 Å². The molecule has 1 aromatic heterocycles. The van der Waals surface area contributed by atoms with Crippen LogP contribution in [-0.4, -0.2) is 24.0 Å². The van der Waals surface area contributed by atoms with Crippen LogP contribution in [0.25, 0.3) is 0 Å². The second-order valence-electron chi connectivity index (χ2n) is 3.32. The molecule has 1 atom stereocenters. The van der Waals surface area contributed by atoms with Gasteiger partial charge < -0.3 is 4.74 Å². The number of aromatic nitrogens is 1. The van der Waals surface area contributed by atoms with Gasteiger partial charge in [0.15, 0.2) is 0 Å². The van der Waals surface area contributed by atoms with Crippen LogP contribution >= 0.6 is 0 Å². The van der Waals surface area contributed by atoms with Gasteiger partial charge in [-0.3, -0.25) is 9.78 Å². The Morgan fingerprint density at radius 2 is 2.14 bits per heavy atom. The van der Waals surface area contributed by atoms with E-state index in [1.54, 1.807) is 19.5 Å². The molecule has 0 saturated carbocycles. The molecule has 0 fully saturated rings. The standard InChI is InChI=1S/C11H15NO2/c1-9(14-2)7-11(13)8-10-3-5-12-6-4-10/h3-6,9H,7-8H2,1-2H3. The smallest absolute Gasteiger partial charge is 0.139 e. The van der Waals surface area contributed by atoms with Gasteiger partial charge in [0.25, 0.3) is 0 Å². The number of hydrogen-bond acceptors (Lipinski definition) is 3. The quantitative estimate of drug-likeness (QED) is 0.713. The number of nitrogens with zero attached hydrogens (tertiary/aromatic N) is 1. The Kier molecular flexibility index (Phi) is 4.26. The van der Waals surface area contributed by atoms with E-state index in [2.05, 4.69) is 4.98 Å². The first-order valence-electron chi connectivity index (χ1n) is 4.65. The van der Waals surface area contributed by atoms with Crippen LogP contribution in [-0.2, 0) is 16.0 Å². The number of methoxy groups -OCH3 is 1. The Bertz CT molecular complexity index is 285. The second kappa shape index (κ2) is 5.50. The van der Waals surface area contributed by atoms with Gasteiger partial charge in [0.05, 0.1) is 6.10 Å². The third-order valence-electron chi connectivity index (χ3n) is 2.07. The molecule has 0 saturated heterocycles. The summed E-state index contributed by atoms with van der Waals surface area (Å²) >= 11 is 0. The lowest BCUT2D eigenvalue weighted by atomic mass is 10.1. The monoisotopic (exact) mass is 193 g/mol. The number of rotatable bonds is 5. The zero-order valence-corrected chi connectivity index (χ0v) is 8.56. The predicted molar refractivity (Wildman–Crippen MR) is 54.0 cm³/mol. The lowest BCUT2D eigenvalue weighted by molar-refractivity contribution is -0.120. The molecule has 3 heteroatoms. The highest BCUT2D eigenvalue weighted by Crippen LogP contribution is 2.03. The molecular formula is C11H15NO2. The van der Waals surface area contributed by atoms with E-state index in [1.165, 1.54) is 0 Å². The van der Waals surface area contributed by atoms with E-state index in [1.807, 2.05) is 19.1 Å². The maximum atomic E-state index is 11.5. The molecule has 0 bridgehead atoms. The van der Waals surface area contributed by atoms with E-state index in [0.717, 1.165) is 5.56 Å². The van der Waals surface area contributed by atoms with E-state index >= 15 is 0 Å². The Labute approximate surface area is 84.1 Å². The van der Waals surface area contributed by atoms with Crippen LogP contribution in [0.4, 0.5) is 0 Å². The summed E-state index contributed by atoms with van der Waals surface area (Å²) in [4.78, 5) is 15.4. The van der Waals surface area contributed by atoms with Gasteiger partial charge in [-0.2, -0.15) is 0 Å². The number of pyridine rings is 1. The van der Waals surface area contributed by atoms with Crippen LogP contribution < -0.4 is 0 Å². The highest BCUT2D eigenvalue weighted by molar-refractivity contribution is 5.81. The molecule has 0 aliphatic carbocycles. The van der Waals surface area contributed by atoms with Gasteiger partial charge in [-0.15, -0.1) is 0 Å². The van der Waals surface area contributed by atoms with Crippen LogP contribution in [0.2, 0.25) is 0 Å². The summed E-state index contributed by atoms with van der Waals surface area (Å²) in [5.41, 5.74) is 1.01. The molecule has 0 spiro atoms. The molecule has 0 aromatic carbocycles. The fourth-order valence-electron chi connectivity index (χ4n) is 1.20. The summed E-state index contributed by atoms with van der Waals surface area (Å²) in [5.74, 6) is 0.200. The summed E-state index contributed by atoms with van der Waals surface area (Å²) in [6, 6.07) is 3.71. The van der Waals surface area contributed by atoms with E-state index in [4.69, 9.17) is 4.74 Å². The normalized spacial score (nSPS) is 12.4. The maximum absolute atomic E-state index is 11.5. The molecule has 0 radical (unpaired) electrons. The molecule has 1 unspecified atom stereocenters. The Hall–Kier alpha value is -1.22. The van der Waals surface area contributed by atoms with Gasteiger partial charge in [0, 0.05) is 32.3 Å². The molecular weight excluding hydrogens is 178 g/mol. The summed E-state index contributed by atoms with van der Waals surface area (Å²) < 4.78 is 5.03. The fourth-order valence-corrected chi connectivity index (χ4v) is 1.20. The molecule has 3 nitrogen and oxygen atoms in total. The van der Waals surface area contributed by atoms with Gasteiger partial charge in [0.1, 0.15) is 5.78 Å². The highest BCUT2D eigenvalue weighted by Gasteiger charge is 2.08. The first-order valence-corrected chi connectivity index (χ1v) is 4.65. The van der Waals surface area contributed by atoms with E-state index < -0.39 is 0 Å². The van der Waals surface area contributed by atoms with Crippen molar-refractivity contribution < 1.29 is 9.53 Å². The van der Waals surface area contributed by atoms with Crippen LogP contribution in [0.5, 0.6) is 0 Å². The molecule has 1 aromatic rings. The van der Waals surface area contributed by atoms with Crippen molar-refractivity contribution in [2.24, 2.45) is 0 Å². The first-order chi connectivity index (χ1) is 6.72. The van der Waals surface area contributed by atoms with Crippen molar-refractivity contribution >= 4 is 5.78 Å². The number of carbonyl (C=O) groups excluding carboxylic acids is 1. The highest BCUT2D eigenvalue weighted by atomic mass is 16.5. The van der Waals surface area contributed by atoms with Crippen molar-refractivity contribution in [2.45, 2.75) is 25.9 Å². The van der Waals surface area contributed by atoms with E-state index in [0.29, 0.717) is 12.8 Å². The van der Waals surface area contributed by atoms with E-state index in [-0.39, 0.29) is 11.9 Å². The molecule has 14 heavy (non-hydrogen) atoms. The van der Waals surface area contributed by atoms with Crippen molar-refractivity contribution in [3.05, 3.63) is 30.1 Å². The Balaban J connectivity index is 2.42. The summed E-state index contributed by atoms with van der Waals surface area (Å²) in [7, 11) is 1.62. The fraction of sp³-hybridized carbons (Fsp3) is 0.455. The summed E-state index contributed by atoms with van der Waals surface area (Å²) in [5, 5.41) is 0. The van der Waals surface area contributed by atoms with Crippen LogP contribution in [0, 0.1) is 0 Å². The maximum Gasteiger partial charge on any atom is 0.139 e. The van der Waals surface area contributed by atoms with Gasteiger partial charge in [-0.05, 0) is 24.6 Å². The molecule has 0 amide bonds. The molecule has 1 heterocycles. The molecule has 1 rings (SSSR count). The summed E-state index contributed by atoms with van der Waals surface area (Å²) in [6.07, 6.45) is 4.34. The average molecular weight is 193 g/mol.